The summed E-state index contributed by atoms with van der Waals surface area (Å²) in [5.41, 5.74) is 6.34. The predicted octanol–water partition coefficient (Wildman–Crippen LogP) is 2.89. The lowest BCUT2D eigenvalue weighted by Gasteiger charge is -2.05. The van der Waals surface area contributed by atoms with Crippen LogP contribution in [0.3, 0.4) is 0 Å². The summed E-state index contributed by atoms with van der Waals surface area (Å²) >= 11 is 3.40. The lowest BCUT2D eigenvalue weighted by atomic mass is 10.1. The molecule has 0 radical (unpaired) electrons. The number of phenolic OH excluding ortho intramolecular Hbond substituents is 1. The molecule has 3 heteroatoms. The Morgan fingerprint density at radius 3 is 2.62 bits per heavy atom. The zero-order valence-corrected chi connectivity index (χ0v) is 8.38. The largest absolute Gasteiger partial charge is 0.507 e. The molecule has 2 nitrogen and oxygen atoms in total. The highest BCUT2D eigenvalue weighted by molar-refractivity contribution is 9.10. The van der Waals surface area contributed by atoms with Crippen molar-refractivity contribution < 1.29 is 5.11 Å². The Labute approximate surface area is 84.1 Å². The van der Waals surface area contributed by atoms with Crippen LogP contribution in [0.4, 0.5) is 5.69 Å². The van der Waals surface area contributed by atoms with Crippen LogP contribution in [0, 0.1) is 0 Å². The Morgan fingerprint density at radius 1 is 1.15 bits per heavy atom. The number of benzene rings is 2. The third-order valence-electron chi connectivity index (χ3n) is 2.00. The standard InChI is InChI=1S/C10H8BrNO/c11-7-4-5-9(13)10-6(7)2-1-3-8(10)12/h1-5,13H,12H2. The van der Waals surface area contributed by atoms with Crippen LogP contribution in [0.15, 0.2) is 34.8 Å². The maximum atomic E-state index is 9.58. The smallest absolute Gasteiger partial charge is 0.125 e. The van der Waals surface area contributed by atoms with Gasteiger partial charge in [0, 0.05) is 20.9 Å². The van der Waals surface area contributed by atoms with Gasteiger partial charge in [-0.25, -0.2) is 0 Å². The molecule has 0 aliphatic carbocycles. The van der Waals surface area contributed by atoms with Crippen LogP contribution in [0.25, 0.3) is 10.8 Å². The number of nitrogens with two attached hydrogens (primary N) is 1. The Balaban J connectivity index is 3.00. The average Bonchev–Trinajstić information content (AvgIpc) is 2.12. The minimum absolute atomic E-state index is 0.219. The molecule has 0 aromatic heterocycles. The first kappa shape index (κ1) is 8.38. The van der Waals surface area contributed by atoms with Crippen LogP contribution >= 0.6 is 15.9 Å². The zero-order valence-electron chi connectivity index (χ0n) is 6.79. The van der Waals surface area contributed by atoms with Crippen molar-refractivity contribution in [3.63, 3.8) is 0 Å². The summed E-state index contributed by atoms with van der Waals surface area (Å²) in [6.45, 7) is 0. The molecule has 0 fully saturated rings. The summed E-state index contributed by atoms with van der Waals surface area (Å²) in [5, 5.41) is 11.2. The van der Waals surface area contributed by atoms with Crippen molar-refractivity contribution in [3.8, 4) is 5.75 Å². The van der Waals surface area contributed by atoms with Crippen molar-refractivity contribution in [1.82, 2.24) is 0 Å². The van der Waals surface area contributed by atoms with Gasteiger partial charge in [-0.1, -0.05) is 28.1 Å². The minimum Gasteiger partial charge on any atom is -0.507 e. The van der Waals surface area contributed by atoms with Crippen LogP contribution in [0.5, 0.6) is 5.75 Å². The van der Waals surface area contributed by atoms with Gasteiger partial charge in [-0.15, -0.1) is 0 Å². The van der Waals surface area contributed by atoms with Crippen LogP contribution in [-0.4, -0.2) is 5.11 Å². The molecule has 2 aromatic rings. The lowest BCUT2D eigenvalue weighted by molar-refractivity contribution is 0.482. The molecule has 3 N–H and O–H groups in total. The van der Waals surface area contributed by atoms with E-state index in [9.17, 15) is 5.11 Å². The van der Waals surface area contributed by atoms with Gasteiger partial charge < -0.3 is 10.8 Å². The van der Waals surface area contributed by atoms with Crippen LogP contribution < -0.4 is 5.73 Å². The van der Waals surface area contributed by atoms with E-state index in [0.29, 0.717) is 11.1 Å². The fraction of sp³-hybridized carbons (Fsp3) is 0. The second-order valence-electron chi connectivity index (χ2n) is 2.84. The normalized spacial score (nSPS) is 10.5. The van der Waals surface area contributed by atoms with Crippen molar-refractivity contribution in [2.45, 2.75) is 0 Å². The first-order valence-corrected chi connectivity index (χ1v) is 4.65. The van der Waals surface area contributed by atoms with E-state index in [4.69, 9.17) is 5.73 Å². The summed E-state index contributed by atoms with van der Waals surface area (Å²) in [6.07, 6.45) is 0. The molecule has 0 spiro atoms. The second-order valence-corrected chi connectivity index (χ2v) is 3.69. The quantitative estimate of drug-likeness (QED) is 0.693. The summed E-state index contributed by atoms with van der Waals surface area (Å²) in [7, 11) is 0. The molecular weight excluding hydrogens is 230 g/mol. The molecule has 0 atom stereocenters. The van der Waals surface area contributed by atoms with E-state index in [1.807, 2.05) is 12.1 Å². The average molecular weight is 238 g/mol. The summed E-state index contributed by atoms with van der Waals surface area (Å²) in [5.74, 6) is 0.219. The number of hydrogen-bond acceptors (Lipinski definition) is 2. The van der Waals surface area contributed by atoms with Gasteiger partial charge in [0.05, 0.1) is 0 Å². The van der Waals surface area contributed by atoms with Crippen molar-refractivity contribution in [2.75, 3.05) is 5.73 Å². The molecule has 2 aromatic carbocycles. The Kier molecular flexibility index (Phi) is 1.88. The van der Waals surface area contributed by atoms with Crippen molar-refractivity contribution >= 4 is 32.4 Å². The highest BCUT2D eigenvalue weighted by Gasteiger charge is 2.05. The summed E-state index contributed by atoms with van der Waals surface area (Å²) in [4.78, 5) is 0. The van der Waals surface area contributed by atoms with Gasteiger partial charge in [-0.2, -0.15) is 0 Å². The number of anilines is 1. The Morgan fingerprint density at radius 2 is 1.92 bits per heavy atom. The van der Waals surface area contributed by atoms with Crippen LogP contribution in [0.1, 0.15) is 0 Å². The highest BCUT2D eigenvalue weighted by Crippen LogP contribution is 2.34. The van der Waals surface area contributed by atoms with E-state index in [2.05, 4.69) is 15.9 Å². The molecule has 0 bridgehead atoms. The second kappa shape index (κ2) is 2.92. The van der Waals surface area contributed by atoms with E-state index in [1.165, 1.54) is 0 Å². The van der Waals surface area contributed by atoms with E-state index in [0.717, 1.165) is 9.86 Å². The summed E-state index contributed by atoms with van der Waals surface area (Å²) < 4.78 is 0.938. The monoisotopic (exact) mass is 237 g/mol. The number of halogens is 1. The molecule has 13 heavy (non-hydrogen) atoms. The molecule has 0 unspecified atom stereocenters. The molecule has 0 heterocycles. The third kappa shape index (κ3) is 1.25. The minimum atomic E-state index is 0.219. The molecule has 0 aliphatic rings. The van der Waals surface area contributed by atoms with Gasteiger partial charge >= 0.3 is 0 Å². The number of rotatable bonds is 0. The maximum Gasteiger partial charge on any atom is 0.125 e. The Hall–Kier alpha value is -1.22. The molecule has 0 aliphatic heterocycles. The maximum absolute atomic E-state index is 9.58. The van der Waals surface area contributed by atoms with E-state index in [1.54, 1.807) is 18.2 Å². The SMILES string of the molecule is Nc1cccc2c(Br)ccc(O)c12. The van der Waals surface area contributed by atoms with Crippen LogP contribution in [-0.2, 0) is 0 Å². The zero-order chi connectivity index (χ0) is 9.42. The predicted molar refractivity (Wildman–Crippen MR) is 57.7 cm³/mol. The lowest BCUT2D eigenvalue weighted by Crippen LogP contribution is -1.87. The van der Waals surface area contributed by atoms with Gasteiger partial charge in [0.1, 0.15) is 5.75 Å². The fourth-order valence-corrected chi connectivity index (χ4v) is 1.84. The fourth-order valence-electron chi connectivity index (χ4n) is 1.38. The van der Waals surface area contributed by atoms with Gasteiger partial charge in [-0.3, -0.25) is 0 Å². The molecule has 0 saturated carbocycles. The van der Waals surface area contributed by atoms with Crippen molar-refractivity contribution in [1.29, 1.82) is 0 Å². The molecule has 0 saturated heterocycles. The first-order chi connectivity index (χ1) is 6.20. The van der Waals surface area contributed by atoms with Crippen molar-refractivity contribution in [3.05, 3.63) is 34.8 Å². The summed E-state index contributed by atoms with van der Waals surface area (Å²) in [6, 6.07) is 8.98. The van der Waals surface area contributed by atoms with Crippen LogP contribution in [0.2, 0.25) is 0 Å². The number of nitrogen functional groups attached to an aromatic ring is 1. The number of fused-ring (bicyclic) bond motifs is 1. The van der Waals surface area contributed by atoms with E-state index < -0.39 is 0 Å². The first-order valence-electron chi connectivity index (χ1n) is 3.86. The molecule has 2 rings (SSSR count). The topological polar surface area (TPSA) is 46.2 Å². The number of phenols is 1. The van der Waals surface area contributed by atoms with Gasteiger partial charge in [0.2, 0.25) is 0 Å². The Bertz CT molecular complexity index is 459. The number of aromatic hydroxyl groups is 1. The number of hydrogen-bond donors (Lipinski definition) is 2. The third-order valence-corrected chi connectivity index (χ3v) is 2.69. The van der Waals surface area contributed by atoms with Gasteiger partial charge in [0.15, 0.2) is 0 Å². The molecule has 0 amide bonds. The van der Waals surface area contributed by atoms with Gasteiger partial charge in [-0.05, 0) is 18.2 Å². The molecular formula is C10H8BrNO. The van der Waals surface area contributed by atoms with Crippen molar-refractivity contribution in [2.24, 2.45) is 0 Å². The van der Waals surface area contributed by atoms with E-state index in [-0.39, 0.29) is 5.75 Å². The van der Waals surface area contributed by atoms with Gasteiger partial charge in [0.25, 0.3) is 0 Å². The van der Waals surface area contributed by atoms with E-state index >= 15 is 0 Å². The molecule has 66 valence electrons. The highest BCUT2D eigenvalue weighted by atomic mass is 79.9.